The second kappa shape index (κ2) is 6.80. The predicted octanol–water partition coefficient (Wildman–Crippen LogP) is 4.81. The SMILES string of the molecule is CCCNC(CC)c1ccc(-c2cc(F)c(F)c(F)c2)o1. The standard InChI is InChI=1S/C16H18F3NO/c1-3-7-20-13(4-2)15-6-5-14(21-15)10-8-11(17)16(19)12(18)9-10/h5-6,8-9,13,20H,3-4,7H2,1-2H3. The Bertz CT molecular complexity index is 586. The van der Waals surface area contributed by atoms with E-state index in [-0.39, 0.29) is 11.6 Å². The van der Waals surface area contributed by atoms with E-state index in [1.807, 2.05) is 6.92 Å². The van der Waals surface area contributed by atoms with Crippen molar-refractivity contribution in [3.05, 3.63) is 47.5 Å². The molecule has 0 amide bonds. The Morgan fingerprint density at radius 3 is 2.33 bits per heavy atom. The summed E-state index contributed by atoms with van der Waals surface area (Å²) in [6.45, 7) is 4.94. The van der Waals surface area contributed by atoms with Crippen molar-refractivity contribution >= 4 is 0 Å². The molecule has 0 radical (unpaired) electrons. The molecule has 1 N–H and O–H groups in total. The Kier molecular flexibility index (Phi) is 5.07. The second-order valence-corrected chi connectivity index (χ2v) is 4.87. The van der Waals surface area contributed by atoms with Crippen LogP contribution in [0.15, 0.2) is 28.7 Å². The van der Waals surface area contributed by atoms with Gasteiger partial charge in [0.25, 0.3) is 0 Å². The van der Waals surface area contributed by atoms with E-state index in [9.17, 15) is 13.2 Å². The molecule has 0 aliphatic rings. The van der Waals surface area contributed by atoms with Gasteiger partial charge in [0.15, 0.2) is 17.5 Å². The summed E-state index contributed by atoms with van der Waals surface area (Å²) in [7, 11) is 0. The number of benzene rings is 1. The van der Waals surface area contributed by atoms with Crippen molar-refractivity contribution in [1.29, 1.82) is 0 Å². The van der Waals surface area contributed by atoms with Gasteiger partial charge in [-0.25, -0.2) is 13.2 Å². The van der Waals surface area contributed by atoms with E-state index in [1.165, 1.54) is 0 Å². The van der Waals surface area contributed by atoms with Crippen molar-refractivity contribution in [1.82, 2.24) is 5.32 Å². The quantitative estimate of drug-likeness (QED) is 0.774. The van der Waals surface area contributed by atoms with Crippen molar-refractivity contribution in [3.8, 4) is 11.3 Å². The molecule has 5 heteroatoms. The van der Waals surface area contributed by atoms with Crippen molar-refractivity contribution < 1.29 is 17.6 Å². The highest BCUT2D eigenvalue weighted by Gasteiger charge is 2.16. The van der Waals surface area contributed by atoms with Crippen LogP contribution >= 0.6 is 0 Å². The van der Waals surface area contributed by atoms with Gasteiger partial charge < -0.3 is 9.73 Å². The van der Waals surface area contributed by atoms with Crippen LogP contribution < -0.4 is 5.32 Å². The van der Waals surface area contributed by atoms with Crippen LogP contribution in [0.25, 0.3) is 11.3 Å². The molecule has 2 aromatic rings. The lowest BCUT2D eigenvalue weighted by Crippen LogP contribution is -2.20. The monoisotopic (exact) mass is 297 g/mol. The van der Waals surface area contributed by atoms with Crippen LogP contribution in [0.5, 0.6) is 0 Å². The van der Waals surface area contributed by atoms with Gasteiger partial charge in [-0.15, -0.1) is 0 Å². The highest BCUT2D eigenvalue weighted by atomic mass is 19.2. The Balaban J connectivity index is 2.27. The molecule has 1 atom stereocenters. The van der Waals surface area contributed by atoms with Crippen LogP contribution in [-0.2, 0) is 0 Å². The van der Waals surface area contributed by atoms with Crippen LogP contribution in [0.3, 0.4) is 0 Å². The zero-order chi connectivity index (χ0) is 15.4. The first-order valence-electron chi connectivity index (χ1n) is 7.04. The Morgan fingerprint density at radius 1 is 1.10 bits per heavy atom. The van der Waals surface area contributed by atoms with Gasteiger partial charge >= 0.3 is 0 Å². The smallest absolute Gasteiger partial charge is 0.194 e. The summed E-state index contributed by atoms with van der Waals surface area (Å²) in [4.78, 5) is 0. The largest absolute Gasteiger partial charge is 0.459 e. The van der Waals surface area contributed by atoms with Gasteiger partial charge in [0.1, 0.15) is 11.5 Å². The first-order chi connectivity index (χ1) is 10.1. The van der Waals surface area contributed by atoms with Crippen molar-refractivity contribution in [2.24, 2.45) is 0 Å². The summed E-state index contributed by atoms with van der Waals surface area (Å²) in [6.07, 6.45) is 1.83. The lowest BCUT2D eigenvalue weighted by molar-refractivity contribution is 0.410. The average molecular weight is 297 g/mol. The number of halogens is 3. The zero-order valence-electron chi connectivity index (χ0n) is 12.1. The van der Waals surface area contributed by atoms with Crippen LogP contribution in [0.1, 0.15) is 38.5 Å². The molecule has 0 saturated carbocycles. The number of furan rings is 1. The van der Waals surface area contributed by atoms with Crippen LogP contribution in [0, 0.1) is 17.5 Å². The van der Waals surface area contributed by atoms with E-state index in [2.05, 4.69) is 12.2 Å². The Morgan fingerprint density at radius 2 is 1.76 bits per heavy atom. The topological polar surface area (TPSA) is 25.2 Å². The van der Waals surface area contributed by atoms with Gasteiger partial charge in [-0.3, -0.25) is 0 Å². The number of hydrogen-bond donors (Lipinski definition) is 1. The Labute approximate surface area is 122 Å². The van der Waals surface area contributed by atoms with E-state index in [4.69, 9.17) is 4.42 Å². The first kappa shape index (κ1) is 15.6. The summed E-state index contributed by atoms with van der Waals surface area (Å²) < 4.78 is 45.1. The highest BCUT2D eigenvalue weighted by Crippen LogP contribution is 2.28. The van der Waals surface area contributed by atoms with E-state index in [0.29, 0.717) is 11.5 Å². The van der Waals surface area contributed by atoms with Gasteiger partial charge in [0, 0.05) is 5.56 Å². The normalized spacial score (nSPS) is 12.6. The molecule has 0 aliphatic heterocycles. The third kappa shape index (κ3) is 3.47. The second-order valence-electron chi connectivity index (χ2n) is 4.87. The van der Waals surface area contributed by atoms with E-state index >= 15 is 0 Å². The van der Waals surface area contributed by atoms with E-state index < -0.39 is 17.5 Å². The average Bonchev–Trinajstić information content (AvgIpc) is 2.95. The van der Waals surface area contributed by atoms with Gasteiger partial charge in [0.2, 0.25) is 0 Å². The van der Waals surface area contributed by atoms with Gasteiger partial charge in [-0.1, -0.05) is 13.8 Å². The maximum atomic E-state index is 13.3. The molecular formula is C16H18F3NO. The summed E-state index contributed by atoms with van der Waals surface area (Å²) in [5, 5.41) is 3.33. The fraction of sp³-hybridized carbons (Fsp3) is 0.375. The lowest BCUT2D eigenvalue weighted by Gasteiger charge is -2.13. The summed E-state index contributed by atoms with van der Waals surface area (Å²) in [6, 6.07) is 5.32. The third-order valence-electron chi connectivity index (χ3n) is 3.29. The minimum absolute atomic E-state index is 0.0499. The van der Waals surface area contributed by atoms with Gasteiger partial charge in [0.05, 0.1) is 6.04 Å². The minimum Gasteiger partial charge on any atom is -0.459 e. The third-order valence-corrected chi connectivity index (χ3v) is 3.29. The zero-order valence-corrected chi connectivity index (χ0v) is 12.1. The molecule has 0 spiro atoms. The molecule has 1 heterocycles. The predicted molar refractivity (Wildman–Crippen MR) is 75.3 cm³/mol. The van der Waals surface area contributed by atoms with Crippen LogP contribution in [-0.4, -0.2) is 6.54 Å². The number of hydrogen-bond acceptors (Lipinski definition) is 2. The first-order valence-corrected chi connectivity index (χ1v) is 7.04. The summed E-state index contributed by atoms with van der Waals surface area (Å²) >= 11 is 0. The maximum Gasteiger partial charge on any atom is 0.194 e. The lowest BCUT2D eigenvalue weighted by atomic mass is 10.1. The van der Waals surface area contributed by atoms with Crippen LogP contribution in [0.2, 0.25) is 0 Å². The van der Waals surface area contributed by atoms with Crippen molar-refractivity contribution in [3.63, 3.8) is 0 Å². The molecule has 2 nitrogen and oxygen atoms in total. The number of nitrogens with one attached hydrogen (secondary N) is 1. The molecule has 1 unspecified atom stereocenters. The molecule has 1 aromatic heterocycles. The molecule has 0 saturated heterocycles. The molecule has 2 rings (SSSR count). The fourth-order valence-electron chi connectivity index (χ4n) is 2.16. The molecule has 0 fully saturated rings. The summed E-state index contributed by atoms with van der Waals surface area (Å²) in [5.41, 5.74) is 0.183. The van der Waals surface area contributed by atoms with E-state index in [0.717, 1.165) is 31.5 Å². The van der Waals surface area contributed by atoms with E-state index in [1.54, 1.807) is 12.1 Å². The Hall–Kier alpha value is -1.75. The molecule has 21 heavy (non-hydrogen) atoms. The van der Waals surface area contributed by atoms with Crippen LogP contribution in [0.4, 0.5) is 13.2 Å². The van der Waals surface area contributed by atoms with Gasteiger partial charge in [-0.2, -0.15) is 0 Å². The van der Waals surface area contributed by atoms with Crippen molar-refractivity contribution in [2.75, 3.05) is 6.54 Å². The molecular weight excluding hydrogens is 279 g/mol. The molecule has 1 aromatic carbocycles. The van der Waals surface area contributed by atoms with Crippen molar-refractivity contribution in [2.45, 2.75) is 32.7 Å². The molecule has 0 aliphatic carbocycles. The molecule has 0 bridgehead atoms. The van der Waals surface area contributed by atoms with Gasteiger partial charge in [-0.05, 0) is 43.7 Å². The number of rotatable bonds is 6. The highest BCUT2D eigenvalue weighted by molar-refractivity contribution is 5.58. The maximum absolute atomic E-state index is 13.3. The summed E-state index contributed by atoms with van der Waals surface area (Å²) in [5.74, 6) is -2.90. The minimum atomic E-state index is -1.47. The fourth-order valence-corrected chi connectivity index (χ4v) is 2.16. The molecule has 114 valence electrons.